The van der Waals surface area contributed by atoms with Gasteiger partial charge in [-0.3, -0.25) is 0 Å². The van der Waals surface area contributed by atoms with Crippen LogP contribution in [0, 0.1) is 0 Å². The van der Waals surface area contributed by atoms with E-state index in [2.05, 4.69) is 20.0 Å². The molecule has 1 atom stereocenters. The maximum Gasteiger partial charge on any atom is 0.229 e. The van der Waals surface area contributed by atoms with Gasteiger partial charge in [0.05, 0.1) is 19.1 Å². The monoisotopic (exact) mass is 279 g/mol. The van der Waals surface area contributed by atoms with Crippen LogP contribution in [0.3, 0.4) is 0 Å². The summed E-state index contributed by atoms with van der Waals surface area (Å²) in [6, 6.07) is 0.415. The van der Waals surface area contributed by atoms with Crippen molar-refractivity contribution in [3.8, 4) is 0 Å². The molecule has 1 fully saturated rings. The second-order valence-corrected chi connectivity index (χ2v) is 5.50. The van der Waals surface area contributed by atoms with E-state index in [0.717, 1.165) is 24.0 Å². The molecular formula is C11H14N5O2P. The van der Waals surface area contributed by atoms with Gasteiger partial charge in [-0.05, 0) is 12.8 Å². The molecule has 8 heteroatoms. The Hall–Kier alpha value is -1.40. The second-order valence-electron chi connectivity index (χ2n) is 4.37. The summed E-state index contributed by atoms with van der Waals surface area (Å²) in [6.45, 7) is 1.04. The van der Waals surface area contributed by atoms with Crippen LogP contribution >= 0.6 is 7.92 Å². The number of rotatable bonds is 6. The average Bonchev–Trinajstić information content (AvgIpc) is 3.14. The zero-order valence-electron chi connectivity index (χ0n) is 10.3. The van der Waals surface area contributed by atoms with E-state index in [1.165, 1.54) is 12.3 Å². The lowest BCUT2D eigenvalue weighted by Gasteiger charge is -2.02. The molecule has 0 amide bonds. The molecule has 0 aromatic carbocycles. The van der Waals surface area contributed by atoms with Gasteiger partial charge in [0.25, 0.3) is 0 Å². The summed E-state index contributed by atoms with van der Waals surface area (Å²) in [5, 5.41) is 2.97. The topological polar surface area (TPSA) is 87.9 Å². The van der Waals surface area contributed by atoms with Crippen LogP contribution in [-0.4, -0.2) is 38.2 Å². The number of imidazole rings is 1. The standard InChI is InChI=1S/C11H14N5O2P/c17-19(15-9-1-2-9)8-18-4-3-16-7-14-10-5-12-6-13-11(10)16/h5-9,15H,1-4H2. The summed E-state index contributed by atoms with van der Waals surface area (Å²) in [7, 11) is -1.56. The Morgan fingerprint density at radius 1 is 1.53 bits per heavy atom. The lowest BCUT2D eigenvalue weighted by Crippen LogP contribution is -2.14. The van der Waals surface area contributed by atoms with Gasteiger partial charge in [0, 0.05) is 12.6 Å². The van der Waals surface area contributed by atoms with Gasteiger partial charge in [0.15, 0.2) is 13.6 Å². The van der Waals surface area contributed by atoms with E-state index in [9.17, 15) is 4.89 Å². The van der Waals surface area contributed by atoms with Crippen LogP contribution in [0.25, 0.3) is 11.2 Å². The van der Waals surface area contributed by atoms with Crippen LogP contribution in [-0.2, 0) is 11.3 Å². The molecule has 1 saturated carbocycles. The first kappa shape index (κ1) is 12.6. The Balaban J connectivity index is 1.51. The number of hydrogen-bond acceptors (Lipinski definition) is 6. The van der Waals surface area contributed by atoms with E-state index in [1.54, 1.807) is 12.5 Å². The molecule has 1 aliphatic rings. The molecule has 2 aromatic rings. The van der Waals surface area contributed by atoms with Crippen LogP contribution in [0.2, 0.25) is 0 Å². The minimum absolute atomic E-state index is 0.415. The Bertz CT molecular complexity index is 596. The van der Waals surface area contributed by atoms with E-state index in [4.69, 9.17) is 4.74 Å². The van der Waals surface area contributed by atoms with Crippen molar-refractivity contribution in [2.75, 3.05) is 6.61 Å². The first-order valence-electron chi connectivity index (χ1n) is 6.11. The number of hydrogen-bond donors (Lipinski definition) is 1. The predicted octanol–water partition coefficient (Wildman–Crippen LogP) is 0.0268. The van der Waals surface area contributed by atoms with Crippen LogP contribution in [0.1, 0.15) is 12.8 Å². The molecule has 0 saturated heterocycles. The summed E-state index contributed by atoms with van der Waals surface area (Å²) >= 11 is 0. The summed E-state index contributed by atoms with van der Waals surface area (Å²) < 4.78 is 7.16. The van der Waals surface area contributed by atoms with Crippen LogP contribution < -0.4 is 9.98 Å². The molecule has 0 spiro atoms. The fourth-order valence-electron chi connectivity index (χ4n) is 1.67. The van der Waals surface area contributed by atoms with E-state index in [0.29, 0.717) is 19.2 Å². The molecule has 19 heavy (non-hydrogen) atoms. The first-order chi connectivity index (χ1) is 9.33. The summed E-state index contributed by atoms with van der Waals surface area (Å²) in [6.07, 6.45) is 7.07. The van der Waals surface area contributed by atoms with Gasteiger partial charge >= 0.3 is 0 Å². The van der Waals surface area contributed by atoms with Crippen molar-refractivity contribution >= 4 is 25.1 Å². The highest BCUT2D eigenvalue weighted by Crippen LogP contribution is 2.23. The number of aromatic nitrogens is 4. The first-order valence-corrected chi connectivity index (χ1v) is 7.44. The highest BCUT2D eigenvalue weighted by atomic mass is 31.1. The molecular weight excluding hydrogens is 265 g/mol. The number of nitrogens with one attached hydrogen (secondary N) is 1. The van der Waals surface area contributed by atoms with Crippen molar-refractivity contribution in [3.05, 3.63) is 18.9 Å². The fraction of sp³-hybridized carbons (Fsp3) is 0.455. The molecule has 1 aliphatic carbocycles. The molecule has 1 unspecified atom stereocenters. The van der Waals surface area contributed by atoms with Crippen molar-refractivity contribution in [1.82, 2.24) is 24.6 Å². The van der Waals surface area contributed by atoms with Gasteiger partial charge in [0.1, 0.15) is 11.8 Å². The molecule has 0 radical (unpaired) electrons. The quantitative estimate of drug-likeness (QED) is 0.592. The SMILES string of the molecule is [O-][P+](=COCCn1cnc2cncnc21)NC1CC1. The fourth-order valence-corrected chi connectivity index (χ4v) is 2.59. The molecule has 1 N–H and O–H groups in total. The van der Waals surface area contributed by atoms with Gasteiger partial charge < -0.3 is 14.2 Å². The third-order valence-corrected chi connectivity index (χ3v) is 3.75. The van der Waals surface area contributed by atoms with Crippen molar-refractivity contribution < 1.29 is 9.63 Å². The van der Waals surface area contributed by atoms with Gasteiger partial charge in [-0.2, -0.15) is 0 Å². The van der Waals surface area contributed by atoms with Crippen molar-refractivity contribution in [1.29, 1.82) is 0 Å². The zero-order valence-corrected chi connectivity index (χ0v) is 11.2. The van der Waals surface area contributed by atoms with Crippen molar-refractivity contribution in [3.63, 3.8) is 0 Å². The predicted molar refractivity (Wildman–Crippen MR) is 70.4 cm³/mol. The van der Waals surface area contributed by atoms with E-state index < -0.39 is 7.92 Å². The van der Waals surface area contributed by atoms with Gasteiger partial charge in [0.2, 0.25) is 5.98 Å². The van der Waals surface area contributed by atoms with Gasteiger partial charge in [-0.25, -0.2) is 15.0 Å². The highest BCUT2D eigenvalue weighted by Gasteiger charge is 2.24. The normalized spacial score (nSPS) is 16.2. The van der Waals surface area contributed by atoms with Crippen molar-refractivity contribution in [2.24, 2.45) is 0 Å². The Kier molecular flexibility index (Phi) is 3.79. The van der Waals surface area contributed by atoms with Crippen LogP contribution in [0.15, 0.2) is 18.9 Å². The lowest BCUT2D eigenvalue weighted by molar-refractivity contribution is -0.156. The molecule has 0 bridgehead atoms. The van der Waals surface area contributed by atoms with Crippen LogP contribution in [0.5, 0.6) is 0 Å². The van der Waals surface area contributed by atoms with E-state index in [-0.39, 0.29) is 0 Å². The molecule has 2 heterocycles. The lowest BCUT2D eigenvalue weighted by atomic mass is 10.5. The molecule has 3 rings (SSSR count). The second kappa shape index (κ2) is 5.71. The van der Waals surface area contributed by atoms with Crippen LogP contribution in [0.4, 0.5) is 0 Å². The molecule has 2 aromatic heterocycles. The smallest absolute Gasteiger partial charge is 0.229 e. The van der Waals surface area contributed by atoms with Gasteiger partial charge in [-0.15, -0.1) is 5.09 Å². The summed E-state index contributed by atoms with van der Waals surface area (Å²) in [5.74, 6) is 1.38. The van der Waals surface area contributed by atoms with E-state index in [1.807, 2.05) is 4.57 Å². The minimum atomic E-state index is -1.56. The van der Waals surface area contributed by atoms with Crippen molar-refractivity contribution in [2.45, 2.75) is 25.4 Å². The maximum atomic E-state index is 11.5. The number of fused-ring (bicyclic) bond motifs is 1. The number of nitrogens with zero attached hydrogens (tertiary/aromatic N) is 4. The third kappa shape index (κ3) is 3.33. The average molecular weight is 279 g/mol. The summed E-state index contributed by atoms with van der Waals surface area (Å²) in [5.41, 5.74) is 1.53. The largest absolute Gasteiger partial charge is 0.612 e. The highest BCUT2D eigenvalue weighted by molar-refractivity contribution is 7.47. The Labute approximate surface area is 111 Å². The Morgan fingerprint density at radius 2 is 2.42 bits per heavy atom. The number of ether oxygens (including phenoxy) is 1. The van der Waals surface area contributed by atoms with Gasteiger partial charge in [-0.1, -0.05) is 0 Å². The summed E-state index contributed by atoms with van der Waals surface area (Å²) in [4.78, 5) is 23.7. The molecule has 0 aliphatic heterocycles. The molecule has 100 valence electrons. The molecule has 7 nitrogen and oxygen atoms in total. The Morgan fingerprint density at radius 3 is 3.26 bits per heavy atom. The van der Waals surface area contributed by atoms with E-state index >= 15 is 0 Å². The maximum absolute atomic E-state index is 11.5. The zero-order chi connectivity index (χ0) is 13.1. The minimum Gasteiger partial charge on any atom is -0.612 e. The third-order valence-electron chi connectivity index (χ3n) is 2.79.